The number of rotatable bonds is 4. The van der Waals surface area contributed by atoms with E-state index in [0.29, 0.717) is 17.9 Å². The maximum Gasteiger partial charge on any atom is 0.337 e. The van der Waals surface area contributed by atoms with Crippen molar-refractivity contribution in [2.75, 3.05) is 20.3 Å². The van der Waals surface area contributed by atoms with E-state index in [2.05, 4.69) is 10.1 Å². The van der Waals surface area contributed by atoms with E-state index in [1.807, 2.05) is 13.8 Å². The molecule has 3 atom stereocenters. The third-order valence-corrected chi connectivity index (χ3v) is 3.90. The molecule has 1 aromatic rings. The second-order valence-corrected chi connectivity index (χ2v) is 5.98. The molecule has 2 aliphatic rings. The molecule has 6 heteroatoms. The van der Waals surface area contributed by atoms with Gasteiger partial charge in [-0.25, -0.2) is 4.79 Å². The fourth-order valence-electron chi connectivity index (χ4n) is 2.89. The first-order valence-corrected chi connectivity index (χ1v) is 7.39. The molecule has 0 aromatic heterocycles. The monoisotopic (exact) mass is 307 g/mol. The van der Waals surface area contributed by atoms with E-state index < -0.39 is 5.79 Å². The van der Waals surface area contributed by atoms with Crippen LogP contribution in [0.5, 0.6) is 5.75 Å². The summed E-state index contributed by atoms with van der Waals surface area (Å²) in [6, 6.07) is 6.98. The Morgan fingerprint density at radius 2 is 2.05 bits per heavy atom. The lowest BCUT2D eigenvalue weighted by atomic mass is 10.1. The number of ether oxygens (including phenoxy) is 4. The van der Waals surface area contributed by atoms with Gasteiger partial charge in [-0.15, -0.1) is 0 Å². The van der Waals surface area contributed by atoms with Crippen molar-refractivity contribution in [2.45, 2.75) is 37.9 Å². The highest BCUT2D eigenvalue weighted by molar-refractivity contribution is 5.89. The molecule has 0 bridgehead atoms. The number of fused-ring (bicyclic) bond motifs is 1. The quantitative estimate of drug-likeness (QED) is 0.847. The number of methoxy groups -OCH3 is 1. The minimum absolute atomic E-state index is 0.00402. The first-order chi connectivity index (χ1) is 10.5. The van der Waals surface area contributed by atoms with E-state index >= 15 is 0 Å². The molecule has 2 saturated heterocycles. The van der Waals surface area contributed by atoms with Gasteiger partial charge < -0.3 is 24.3 Å². The average Bonchev–Trinajstić information content (AvgIpc) is 3.00. The molecular weight excluding hydrogens is 286 g/mol. The molecule has 2 heterocycles. The highest BCUT2D eigenvalue weighted by Crippen LogP contribution is 2.32. The summed E-state index contributed by atoms with van der Waals surface area (Å²) in [7, 11) is 1.36. The summed E-state index contributed by atoms with van der Waals surface area (Å²) in [5, 5.41) is 3.36. The van der Waals surface area contributed by atoms with Crippen molar-refractivity contribution in [3.63, 3.8) is 0 Å². The number of nitrogens with one attached hydrogen (secondary N) is 1. The molecule has 2 aliphatic heterocycles. The summed E-state index contributed by atoms with van der Waals surface area (Å²) in [5.41, 5.74) is 0.503. The highest BCUT2D eigenvalue weighted by Gasteiger charge is 2.49. The summed E-state index contributed by atoms with van der Waals surface area (Å²) in [5.74, 6) is -0.181. The molecule has 0 saturated carbocycles. The third kappa shape index (κ3) is 3.09. The summed E-state index contributed by atoms with van der Waals surface area (Å²) in [4.78, 5) is 11.4. The summed E-state index contributed by atoms with van der Waals surface area (Å²) < 4.78 is 22.2. The fourth-order valence-corrected chi connectivity index (χ4v) is 2.89. The second kappa shape index (κ2) is 5.87. The van der Waals surface area contributed by atoms with E-state index in [-0.39, 0.29) is 24.2 Å². The van der Waals surface area contributed by atoms with Crippen molar-refractivity contribution in [1.29, 1.82) is 0 Å². The van der Waals surface area contributed by atoms with Crippen LogP contribution >= 0.6 is 0 Å². The van der Waals surface area contributed by atoms with Gasteiger partial charge >= 0.3 is 5.97 Å². The van der Waals surface area contributed by atoms with Crippen LogP contribution in [0.15, 0.2) is 24.3 Å². The molecule has 3 unspecified atom stereocenters. The second-order valence-electron chi connectivity index (χ2n) is 5.98. The predicted octanol–water partition coefficient (Wildman–Crippen LogP) is 1.34. The summed E-state index contributed by atoms with van der Waals surface area (Å²) in [6.45, 7) is 5.10. The van der Waals surface area contributed by atoms with E-state index in [9.17, 15) is 4.79 Å². The van der Waals surface area contributed by atoms with Gasteiger partial charge in [0.15, 0.2) is 5.79 Å². The van der Waals surface area contributed by atoms with Gasteiger partial charge in [-0.05, 0) is 38.1 Å². The largest absolute Gasteiger partial charge is 0.492 e. The number of esters is 1. The zero-order chi connectivity index (χ0) is 15.7. The molecule has 1 N–H and O–H groups in total. The van der Waals surface area contributed by atoms with Crippen molar-refractivity contribution in [3.05, 3.63) is 29.8 Å². The third-order valence-electron chi connectivity index (χ3n) is 3.90. The zero-order valence-corrected chi connectivity index (χ0v) is 13.0. The van der Waals surface area contributed by atoms with Gasteiger partial charge in [0, 0.05) is 6.54 Å². The Morgan fingerprint density at radius 1 is 1.32 bits per heavy atom. The van der Waals surface area contributed by atoms with Crippen molar-refractivity contribution in [3.8, 4) is 5.75 Å². The Labute approximate surface area is 129 Å². The Kier molecular flexibility index (Phi) is 4.08. The molecule has 0 aliphatic carbocycles. The average molecular weight is 307 g/mol. The Balaban J connectivity index is 1.56. The van der Waals surface area contributed by atoms with Crippen LogP contribution in [-0.2, 0) is 14.2 Å². The molecular formula is C16H21NO5. The van der Waals surface area contributed by atoms with E-state index in [0.717, 1.165) is 6.54 Å². The predicted molar refractivity (Wildman–Crippen MR) is 78.9 cm³/mol. The van der Waals surface area contributed by atoms with E-state index in [4.69, 9.17) is 14.2 Å². The molecule has 0 amide bonds. The van der Waals surface area contributed by atoms with Crippen LogP contribution in [0.25, 0.3) is 0 Å². The lowest BCUT2D eigenvalue weighted by Gasteiger charge is -2.22. The molecule has 3 rings (SSSR count). The lowest BCUT2D eigenvalue weighted by molar-refractivity contribution is -0.153. The van der Waals surface area contributed by atoms with Gasteiger partial charge in [0.05, 0.1) is 18.7 Å². The van der Waals surface area contributed by atoms with Gasteiger partial charge in [-0.2, -0.15) is 0 Å². The van der Waals surface area contributed by atoms with Gasteiger partial charge in [-0.3, -0.25) is 0 Å². The Morgan fingerprint density at radius 3 is 2.73 bits per heavy atom. The smallest absolute Gasteiger partial charge is 0.337 e. The summed E-state index contributed by atoms with van der Waals surface area (Å²) in [6.07, 6.45) is 0.0784. The first kappa shape index (κ1) is 15.3. The first-order valence-electron chi connectivity index (χ1n) is 7.39. The fraction of sp³-hybridized carbons (Fsp3) is 0.562. The SMILES string of the molecule is COC(=O)c1ccc(OCC2NCC3OC(C)(C)OC23)cc1. The number of hydrogen-bond donors (Lipinski definition) is 1. The number of benzene rings is 1. The van der Waals surface area contributed by atoms with Crippen LogP contribution in [0.2, 0.25) is 0 Å². The van der Waals surface area contributed by atoms with E-state index in [1.54, 1.807) is 24.3 Å². The van der Waals surface area contributed by atoms with Crippen LogP contribution in [0, 0.1) is 0 Å². The van der Waals surface area contributed by atoms with Gasteiger partial charge in [0.1, 0.15) is 24.6 Å². The van der Waals surface area contributed by atoms with Gasteiger partial charge in [0.25, 0.3) is 0 Å². The standard InChI is InChI=1S/C16H21NO5/c1-16(2)21-13-8-17-12(14(13)22-16)9-20-11-6-4-10(5-7-11)15(18)19-3/h4-7,12-14,17H,8-9H2,1-3H3. The van der Waals surface area contributed by atoms with Crippen molar-refractivity contribution >= 4 is 5.97 Å². The number of carbonyl (C=O) groups excluding carboxylic acids is 1. The summed E-state index contributed by atoms with van der Waals surface area (Å²) >= 11 is 0. The van der Waals surface area contributed by atoms with Crippen molar-refractivity contribution in [2.24, 2.45) is 0 Å². The Hall–Kier alpha value is -1.63. The molecule has 6 nitrogen and oxygen atoms in total. The normalized spacial score (nSPS) is 29.1. The minimum atomic E-state index is -0.530. The van der Waals surface area contributed by atoms with Gasteiger partial charge in [0.2, 0.25) is 0 Å². The zero-order valence-electron chi connectivity index (χ0n) is 13.0. The molecule has 0 radical (unpaired) electrons. The highest BCUT2D eigenvalue weighted by atomic mass is 16.8. The van der Waals surface area contributed by atoms with Crippen LogP contribution in [0.1, 0.15) is 24.2 Å². The Bertz CT molecular complexity index is 542. The van der Waals surface area contributed by atoms with Crippen molar-refractivity contribution in [1.82, 2.24) is 5.32 Å². The van der Waals surface area contributed by atoms with E-state index in [1.165, 1.54) is 7.11 Å². The molecule has 1 aromatic carbocycles. The van der Waals surface area contributed by atoms with Gasteiger partial charge in [-0.1, -0.05) is 0 Å². The van der Waals surface area contributed by atoms with Crippen LogP contribution in [0.3, 0.4) is 0 Å². The molecule has 2 fully saturated rings. The van der Waals surface area contributed by atoms with Crippen LogP contribution in [0.4, 0.5) is 0 Å². The molecule has 22 heavy (non-hydrogen) atoms. The minimum Gasteiger partial charge on any atom is -0.492 e. The number of carbonyl (C=O) groups is 1. The maximum atomic E-state index is 11.4. The molecule has 0 spiro atoms. The number of hydrogen-bond acceptors (Lipinski definition) is 6. The maximum absolute atomic E-state index is 11.4. The van der Waals surface area contributed by atoms with Crippen molar-refractivity contribution < 1.29 is 23.7 Å². The van der Waals surface area contributed by atoms with Crippen LogP contribution < -0.4 is 10.1 Å². The topological polar surface area (TPSA) is 66.0 Å². The molecule has 120 valence electrons. The lowest BCUT2D eigenvalue weighted by Crippen LogP contribution is -2.39. The van der Waals surface area contributed by atoms with Crippen LogP contribution in [-0.4, -0.2) is 50.3 Å².